The summed E-state index contributed by atoms with van der Waals surface area (Å²) in [5.74, 6) is 0.550. The summed E-state index contributed by atoms with van der Waals surface area (Å²) in [6.45, 7) is 0. The molecular weight excluding hydrogens is 532 g/mol. The van der Waals surface area contributed by atoms with Crippen molar-refractivity contribution in [2.75, 3.05) is 7.11 Å². The summed E-state index contributed by atoms with van der Waals surface area (Å²) in [5, 5.41) is 8.08. The Balaban J connectivity index is 1.44. The molecule has 3 atom stereocenters. The van der Waals surface area contributed by atoms with Gasteiger partial charge in [-0.05, 0) is 55.9 Å². The van der Waals surface area contributed by atoms with E-state index in [2.05, 4.69) is 4.98 Å². The lowest BCUT2D eigenvalue weighted by molar-refractivity contribution is -0.129. The van der Waals surface area contributed by atoms with Crippen LogP contribution in [0.3, 0.4) is 0 Å². The number of pyridine rings is 1. The lowest BCUT2D eigenvalue weighted by Crippen LogP contribution is -2.30. The summed E-state index contributed by atoms with van der Waals surface area (Å²) in [7, 11) is -2.43. The molecule has 9 nitrogen and oxygen atoms in total. The molecule has 1 aromatic heterocycles. The fraction of sp³-hybridized carbons (Fsp3) is 0.400. The van der Waals surface area contributed by atoms with E-state index in [0.29, 0.717) is 30.2 Å². The highest BCUT2D eigenvalue weighted by atomic mass is 32.2. The molecule has 0 radical (unpaired) electrons. The van der Waals surface area contributed by atoms with Crippen LogP contribution in [0.5, 0.6) is 17.4 Å². The molecule has 1 fully saturated rings. The van der Waals surface area contributed by atoms with Crippen LogP contribution in [0.25, 0.3) is 0 Å². The molecule has 4 rings (SSSR count). The van der Waals surface area contributed by atoms with Crippen molar-refractivity contribution in [2.24, 2.45) is 0 Å². The Bertz CT molecular complexity index is 1340. The maximum Gasteiger partial charge on any atom is 0.244 e. The molecule has 2 N–H and O–H groups in total. The second kappa shape index (κ2) is 14.1. The van der Waals surface area contributed by atoms with Gasteiger partial charge < -0.3 is 14.2 Å². The Morgan fingerprint density at radius 2 is 1.75 bits per heavy atom. The van der Waals surface area contributed by atoms with Gasteiger partial charge in [-0.3, -0.25) is 10.0 Å². The zero-order chi connectivity index (χ0) is 28.4. The van der Waals surface area contributed by atoms with E-state index in [-0.39, 0.29) is 29.9 Å². The first-order valence-corrected chi connectivity index (χ1v) is 15.1. The molecule has 0 saturated heterocycles. The third kappa shape index (κ3) is 7.95. The predicted molar refractivity (Wildman–Crippen MR) is 149 cm³/mol. The van der Waals surface area contributed by atoms with E-state index >= 15 is 0 Å². The van der Waals surface area contributed by atoms with Gasteiger partial charge in [-0.15, -0.1) is 0 Å². The molecule has 2 aromatic carbocycles. The maximum absolute atomic E-state index is 13.7. The molecule has 1 aliphatic carbocycles. The normalized spacial score (nSPS) is 17.6. The van der Waals surface area contributed by atoms with Crippen molar-refractivity contribution in [3.05, 3.63) is 78.5 Å². The lowest BCUT2D eigenvalue weighted by atomic mass is 10.1. The zero-order valence-electron chi connectivity index (χ0n) is 22.6. The quantitative estimate of drug-likeness (QED) is 0.160. The predicted octanol–water partition coefficient (Wildman–Crippen LogP) is 4.92. The Morgan fingerprint density at radius 1 is 1.00 bits per heavy atom. The summed E-state index contributed by atoms with van der Waals surface area (Å²) < 4.78 is 45.0. The fourth-order valence-electron chi connectivity index (χ4n) is 4.97. The third-order valence-electron chi connectivity index (χ3n) is 7.08. The van der Waals surface area contributed by atoms with Crippen molar-refractivity contribution in [2.45, 2.75) is 73.7 Å². The van der Waals surface area contributed by atoms with Crippen LogP contribution in [-0.2, 0) is 21.1 Å². The number of methoxy groups -OCH3 is 1. The number of amides is 1. The van der Waals surface area contributed by atoms with Crippen molar-refractivity contribution >= 4 is 15.7 Å². The Labute approximate surface area is 235 Å². The molecule has 3 unspecified atom stereocenters. The van der Waals surface area contributed by atoms with Crippen molar-refractivity contribution in [1.82, 2.24) is 10.5 Å². The number of ether oxygens (including phenoxy) is 3. The summed E-state index contributed by atoms with van der Waals surface area (Å²) in [6, 6.07) is 20.0. The van der Waals surface area contributed by atoms with Gasteiger partial charge in [0.05, 0.1) is 17.3 Å². The molecule has 1 amide bonds. The van der Waals surface area contributed by atoms with Gasteiger partial charge >= 0.3 is 0 Å². The number of rotatable bonds is 14. The minimum atomic E-state index is -3.92. The molecular formula is C30H36N2O7S. The Hall–Kier alpha value is -3.63. The maximum atomic E-state index is 13.7. The van der Waals surface area contributed by atoms with Crippen LogP contribution in [-0.4, -0.2) is 49.1 Å². The van der Waals surface area contributed by atoms with Gasteiger partial charge in [-0.1, -0.05) is 42.8 Å². The van der Waals surface area contributed by atoms with Crippen LogP contribution in [0.1, 0.15) is 50.5 Å². The SMILES string of the molecule is COc1ccc(S(=O)(=O)C(CCCCc2ccccc2)CC(=O)NO)cc1OC1CCC(Oc2ccccn2)C1. The minimum absolute atomic E-state index is 0.0429. The van der Waals surface area contributed by atoms with E-state index in [9.17, 15) is 13.2 Å². The highest BCUT2D eigenvalue weighted by molar-refractivity contribution is 7.92. The van der Waals surface area contributed by atoms with Gasteiger partial charge in [-0.2, -0.15) is 0 Å². The lowest BCUT2D eigenvalue weighted by Gasteiger charge is -2.20. The van der Waals surface area contributed by atoms with Crippen molar-refractivity contribution in [3.8, 4) is 17.4 Å². The first-order valence-electron chi connectivity index (χ1n) is 13.5. The van der Waals surface area contributed by atoms with Crippen molar-refractivity contribution in [3.63, 3.8) is 0 Å². The number of hydrogen-bond donors (Lipinski definition) is 2. The van der Waals surface area contributed by atoms with Crippen LogP contribution >= 0.6 is 0 Å². The molecule has 1 heterocycles. The number of unbranched alkanes of at least 4 members (excludes halogenated alkanes) is 1. The van der Waals surface area contributed by atoms with Gasteiger partial charge in [0, 0.05) is 31.2 Å². The summed E-state index contributed by atoms with van der Waals surface area (Å²) in [4.78, 5) is 16.3. The van der Waals surface area contributed by atoms with Gasteiger partial charge in [-0.25, -0.2) is 18.9 Å². The number of sulfone groups is 1. The topological polar surface area (TPSA) is 124 Å². The summed E-state index contributed by atoms with van der Waals surface area (Å²) >= 11 is 0. The number of benzene rings is 2. The van der Waals surface area contributed by atoms with Gasteiger partial charge in [0.1, 0.15) is 12.2 Å². The van der Waals surface area contributed by atoms with Gasteiger partial charge in [0.2, 0.25) is 11.8 Å². The van der Waals surface area contributed by atoms with Crippen LogP contribution < -0.4 is 19.7 Å². The second-order valence-electron chi connectivity index (χ2n) is 9.91. The number of hydrogen-bond acceptors (Lipinski definition) is 8. The van der Waals surface area contributed by atoms with E-state index in [4.69, 9.17) is 19.4 Å². The number of carbonyl (C=O) groups is 1. The first-order chi connectivity index (χ1) is 19.4. The smallest absolute Gasteiger partial charge is 0.244 e. The Morgan fingerprint density at radius 3 is 2.45 bits per heavy atom. The van der Waals surface area contributed by atoms with Crippen molar-refractivity contribution in [1.29, 1.82) is 0 Å². The number of hydroxylamine groups is 1. The molecule has 1 saturated carbocycles. The van der Waals surface area contributed by atoms with E-state index < -0.39 is 21.0 Å². The fourth-order valence-corrected chi connectivity index (χ4v) is 6.73. The average Bonchev–Trinajstić information content (AvgIpc) is 3.41. The van der Waals surface area contributed by atoms with Gasteiger partial charge in [0.15, 0.2) is 21.3 Å². The van der Waals surface area contributed by atoms with E-state index in [1.165, 1.54) is 24.8 Å². The minimum Gasteiger partial charge on any atom is -0.493 e. The highest BCUT2D eigenvalue weighted by Gasteiger charge is 2.32. The van der Waals surface area contributed by atoms with E-state index in [0.717, 1.165) is 25.7 Å². The number of carbonyl (C=O) groups excluding carboxylic acids is 1. The highest BCUT2D eigenvalue weighted by Crippen LogP contribution is 2.36. The number of aromatic nitrogens is 1. The first kappa shape index (κ1) is 29.4. The van der Waals surface area contributed by atoms with E-state index in [1.54, 1.807) is 23.8 Å². The molecule has 1 aliphatic rings. The third-order valence-corrected chi connectivity index (χ3v) is 9.27. The molecule has 0 bridgehead atoms. The molecule has 214 valence electrons. The Kier molecular flexibility index (Phi) is 10.4. The average molecular weight is 569 g/mol. The van der Waals surface area contributed by atoms with Crippen LogP contribution in [0.2, 0.25) is 0 Å². The van der Waals surface area contributed by atoms with Gasteiger partial charge in [0.25, 0.3) is 0 Å². The second-order valence-corrected chi connectivity index (χ2v) is 12.1. The summed E-state index contributed by atoms with van der Waals surface area (Å²) in [6.07, 6.45) is 5.70. The molecule has 40 heavy (non-hydrogen) atoms. The van der Waals surface area contributed by atoms with Crippen molar-refractivity contribution < 1.29 is 32.6 Å². The molecule has 3 aromatic rings. The molecule has 0 aliphatic heterocycles. The zero-order valence-corrected chi connectivity index (χ0v) is 23.4. The molecule has 0 spiro atoms. The number of nitrogens with zero attached hydrogens (tertiary/aromatic N) is 1. The van der Waals surface area contributed by atoms with Crippen LogP contribution in [0.15, 0.2) is 77.8 Å². The molecule has 10 heteroatoms. The summed E-state index contributed by atoms with van der Waals surface area (Å²) in [5.41, 5.74) is 2.74. The number of aryl methyl sites for hydroxylation is 1. The van der Waals surface area contributed by atoms with E-state index in [1.807, 2.05) is 42.5 Å². The number of nitrogens with one attached hydrogen (secondary N) is 1. The van der Waals surface area contributed by atoms with Crippen LogP contribution in [0, 0.1) is 0 Å². The van der Waals surface area contributed by atoms with Crippen LogP contribution in [0.4, 0.5) is 0 Å². The monoisotopic (exact) mass is 568 g/mol. The largest absolute Gasteiger partial charge is 0.493 e. The standard InChI is InChI=1S/C30H36N2O7S/c1-37-27-17-16-26(20-28(27)38-23-14-15-24(19-23)39-30-13-7-8-18-31-30)40(35,36)25(21-29(33)32-34)12-6-5-11-22-9-3-2-4-10-22/h2-4,7-10,13,16-18,20,23-25,34H,5-6,11-12,14-15,19,21H2,1H3,(H,32,33).